The van der Waals surface area contributed by atoms with E-state index >= 15 is 0 Å². The summed E-state index contributed by atoms with van der Waals surface area (Å²) in [6.45, 7) is 1.36. The largest absolute Gasteiger partial charge is 0.393 e. The fraction of sp³-hybridized carbons (Fsp3) is 0.389. The van der Waals surface area contributed by atoms with E-state index in [4.69, 9.17) is 0 Å². The number of halogens is 3. The molecule has 1 atom stereocenters. The molecule has 3 rings (SSSR count). The zero-order valence-corrected chi connectivity index (χ0v) is 15.6. The molecule has 2 heterocycles. The van der Waals surface area contributed by atoms with Crippen molar-refractivity contribution in [2.24, 2.45) is 0 Å². The second kappa shape index (κ2) is 7.27. The highest BCUT2D eigenvalue weighted by atomic mass is 19.4. The van der Waals surface area contributed by atoms with Crippen molar-refractivity contribution in [3.63, 3.8) is 0 Å². The number of aliphatic hydroxyl groups excluding tert-OH is 1. The third-order valence-electron chi connectivity index (χ3n) is 4.43. The van der Waals surface area contributed by atoms with Crippen LogP contribution >= 0.6 is 0 Å². The fourth-order valence-corrected chi connectivity index (χ4v) is 2.98. The Morgan fingerprint density at radius 3 is 2.43 bits per heavy atom. The molecule has 2 aromatic heterocycles. The molecule has 1 unspecified atom stereocenters. The maximum atomic E-state index is 12.5. The zero-order chi connectivity index (χ0) is 20.6. The Morgan fingerprint density at radius 1 is 1.25 bits per heavy atom. The van der Waals surface area contributed by atoms with Crippen LogP contribution in [0.15, 0.2) is 29.1 Å². The molecular formula is C18H20F3N5O2. The van der Waals surface area contributed by atoms with E-state index in [9.17, 15) is 23.1 Å². The first kappa shape index (κ1) is 19.9. The van der Waals surface area contributed by atoms with Crippen molar-refractivity contribution in [3.8, 4) is 0 Å². The van der Waals surface area contributed by atoms with Gasteiger partial charge in [-0.05, 0) is 18.1 Å². The zero-order valence-electron chi connectivity index (χ0n) is 15.6. The molecule has 0 saturated heterocycles. The van der Waals surface area contributed by atoms with Crippen molar-refractivity contribution in [2.75, 3.05) is 19.0 Å². The van der Waals surface area contributed by atoms with E-state index in [0.717, 1.165) is 0 Å². The number of aromatic amines is 1. The van der Waals surface area contributed by atoms with Gasteiger partial charge in [0.1, 0.15) is 11.1 Å². The molecular weight excluding hydrogens is 375 g/mol. The van der Waals surface area contributed by atoms with Crippen LogP contribution in [0.4, 0.5) is 19.1 Å². The average Bonchev–Trinajstić information content (AvgIpc) is 2.99. The lowest BCUT2D eigenvalue weighted by molar-refractivity contribution is -0.127. The van der Waals surface area contributed by atoms with Gasteiger partial charge in [-0.15, -0.1) is 0 Å². The van der Waals surface area contributed by atoms with Crippen LogP contribution < -0.4 is 10.5 Å². The fourth-order valence-electron chi connectivity index (χ4n) is 2.98. The van der Waals surface area contributed by atoms with Gasteiger partial charge in [0.2, 0.25) is 5.95 Å². The lowest BCUT2D eigenvalue weighted by Gasteiger charge is -2.16. The second-order valence-electron chi connectivity index (χ2n) is 6.74. The average molecular weight is 395 g/mol. The summed E-state index contributed by atoms with van der Waals surface area (Å²) in [5.41, 5.74) is 0.928. The van der Waals surface area contributed by atoms with Crippen LogP contribution in [0.1, 0.15) is 29.8 Å². The third-order valence-corrected chi connectivity index (χ3v) is 4.43. The van der Waals surface area contributed by atoms with E-state index in [1.54, 1.807) is 38.1 Å². The lowest BCUT2D eigenvalue weighted by Crippen LogP contribution is -2.20. The maximum absolute atomic E-state index is 12.5. The van der Waals surface area contributed by atoms with Crippen molar-refractivity contribution < 1.29 is 18.3 Å². The smallest absolute Gasteiger partial charge is 0.390 e. The summed E-state index contributed by atoms with van der Waals surface area (Å²) in [5.74, 6) is 0.330. The van der Waals surface area contributed by atoms with Gasteiger partial charge >= 0.3 is 6.18 Å². The van der Waals surface area contributed by atoms with Gasteiger partial charge in [0.05, 0.1) is 19.1 Å². The topological polar surface area (TPSA) is 87.0 Å². The first-order valence-electron chi connectivity index (χ1n) is 8.56. The van der Waals surface area contributed by atoms with Crippen LogP contribution in [0, 0.1) is 0 Å². The number of hydrogen-bond acceptors (Lipinski definition) is 5. The molecule has 0 amide bonds. The lowest BCUT2D eigenvalue weighted by atomic mass is 10.0. The van der Waals surface area contributed by atoms with Crippen LogP contribution in [0.2, 0.25) is 0 Å². The molecule has 0 bridgehead atoms. The van der Waals surface area contributed by atoms with Crippen LogP contribution in [0.3, 0.4) is 0 Å². The molecule has 7 nitrogen and oxygen atoms in total. The number of alkyl halides is 3. The summed E-state index contributed by atoms with van der Waals surface area (Å²) in [4.78, 5) is 21.1. The summed E-state index contributed by atoms with van der Waals surface area (Å²) >= 11 is 0. The van der Waals surface area contributed by atoms with Gasteiger partial charge in [-0.1, -0.05) is 24.3 Å². The summed E-state index contributed by atoms with van der Waals surface area (Å²) in [6, 6.07) is 5.62. The minimum Gasteiger partial charge on any atom is -0.390 e. The number of anilines is 1. The molecule has 0 aliphatic rings. The minimum absolute atomic E-state index is 0.161. The minimum atomic E-state index is -4.27. The number of aromatic nitrogens is 4. The number of H-pyrrole nitrogens is 1. The molecule has 0 radical (unpaired) electrons. The molecule has 0 fully saturated rings. The van der Waals surface area contributed by atoms with Crippen molar-refractivity contribution in [3.05, 3.63) is 51.4 Å². The predicted molar refractivity (Wildman–Crippen MR) is 98.4 cm³/mol. The normalized spacial score (nSPS) is 13.1. The van der Waals surface area contributed by atoms with Gasteiger partial charge in [-0.25, -0.2) is 4.68 Å². The van der Waals surface area contributed by atoms with Gasteiger partial charge in [0, 0.05) is 14.1 Å². The van der Waals surface area contributed by atoms with Crippen molar-refractivity contribution in [1.29, 1.82) is 0 Å². The van der Waals surface area contributed by atoms with Crippen molar-refractivity contribution in [2.45, 2.75) is 32.2 Å². The Hall–Kier alpha value is -2.88. The van der Waals surface area contributed by atoms with Crippen molar-refractivity contribution in [1.82, 2.24) is 19.7 Å². The first-order valence-corrected chi connectivity index (χ1v) is 8.56. The molecule has 150 valence electrons. The molecule has 0 saturated carbocycles. The van der Waals surface area contributed by atoms with Crippen LogP contribution in [-0.2, 0) is 13.0 Å². The Morgan fingerprint density at radius 2 is 1.89 bits per heavy atom. The van der Waals surface area contributed by atoms with Crippen LogP contribution in [0.5, 0.6) is 0 Å². The quantitative estimate of drug-likeness (QED) is 0.693. The van der Waals surface area contributed by atoms with Crippen LogP contribution in [-0.4, -0.2) is 45.1 Å². The molecule has 0 aliphatic carbocycles. The van der Waals surface area contributed by atoms with Gasteiger partial charge in [-0.3, -0.25) is 9.78 Å². The highest BCUT2D eigenvalue weighted by Gasteiger charge is 2.27. The summed E-state index contributed by atoms with van der Waals surface area (Å²) in [6.07, 6.45) is -5.26. The Bertz CT molecular complexity index is 1040. The summed E-state index contributed by atoms with van der Waals surface area (Å²) in [5, 5.41) is 14.1. The molecule has 1 aromatic carbocycles. The number of benzene rings is 1. The van der Waals surface area contributed by atoms with Crippen molar-refractivity contribution >= 4 is 17.0 Å². The van der Waals surface area contributed by atoms with Gasteiger partial charge in [-0.2, -0.15) is 23.3 Å². The van der Waals surface area contributed by atoms with Gasteiger partial charge in [0.25, 0.3) is 5.56 Å². The molecule has 28 heavy (non-hydrogen) atoms. The van der Waals surface area contributed by atoms with E-state index in [2.05, 4.69) is 15.1 Å². The standard InChI is InChI=1S/C18H20F3N5O2/c1-10(12-6-4-11(5-7-12)8-18(19,20)21)26-15-14(13(9-27)24-26)16(28)23-17(22-15)25(2)3/h4-7,10,27H,8-9H2,1-3H3,(H,22,23,28). The van der Waals surface area contributed by atoms with E-state index in [0.29, 0.717) is 17.2 Å². The highest BCUT2D eigenvalue weighted by molar-refractivity contribution is 5.78. The number of nitrogens with one attached hydrogen (secondary N) is 1. The Balaban J connectivity index is 2.06. The monoisotopic (exact) mass is 395 g/mol. The van der Waals surface area contributed by atoms with E-state index in [1.807, 2.05) is 0 Å². The maximum Gasteiger partial charge on any atom is 0.393 e. The van der Waals surface area contributed by atoms with Crippen LogP contribution in [0.25, 0.3) is 11.0 Å². The van der Waals surface area contributed by atoms with Gasteiger partial charge in [0.15, 0.2) is 5.65 Å². The van der Waals surface area contributed by atoms with E-state index in [-0.39, 0.29) is 16.6 Å². The van der Waals surface area contributed by atoms with Gasteiger partial charge < -0.3 is 10.0 Å². The summed E-state index contributed by atoms with van der Waals surface area (Å²) in [7, 11) is 3.45. The molecule has 0 aliphatic heterocycles. The number of fused-ring (bicyclic) bond motifs is 1. The van der Waals surface area contributed by atoms with E-state index < -0.39 is 30.8 Å². The summed E-state index contributed by atoms with van der Waals surface area (Å²) < 4.78 is 39.1. The third kappa shape index (κ3) is 3.86. The predicted octanol–water partition coefficient (Wildman–Crippen LogP) is 2.39. The first-order chi connectivity index (χ1) is 13.1. The molecule has 10 heteroatoms. The number of rotatable bonds is 5. The molecule has 3 aromatic rings. The highest BCUT2D eigenvalue weighted by Crippen LogP contribution is 2.26. The number of nitrogens with zero attached hydrogens (tertiary/aromatic N) is 4. The molecule has 0 spiro atoms. The number of aliphatic hydroxyl groups is 1. The Kier molecular flexibility index (Phi) is 5.16. The SMILES string of the molecule is CC(c1ccc(CC(F)(F)F)cc1)n1nc(CO)c2c(=O)[nH]c(N(C)C)nc21. The number of hydrogen-bond donors (Lipinski definition) is 2. The Labute approximate surface area is 158 Å². The second-order valence-corrected chi connectivity index (χ2v) is 6.74. The van der Waals surface area contributed by atoms with E-state index in [1.165, 1.54) is 16.8 Å². The molecule has 2 N–H and O–H groups in total.